The molecule has 1 aliphatic carbocycles. The topological polar surface area (TPSA) is 149 Å². The van der Waals surface area contributed by atoms with Crippen LogP contribution in [0.25, 0.3) is 0 Å². The van der Waals surface area contributed by atoms with Crippen molar-refractivity contribution in [2.75, 3.05) is 40.0 Å². The maximum atomic E-state index is 13.8. The third-order valence-electron chi connectivity index (χ3n) is 8.63. The van der Waals surface area contributed by atoms with Crippen LogP contribution in [0.5, 0.6) is 5.75 Å². The normalized spacial score (nSPS) is 22.5. The molecule has 0 radical (unpaired) electrons. The Morgan fingerprint density at radius 3 is 2.23 bits per heavy atom. The lowest BCUT2D eigenvalue weighted by atomic mass is 9.78. The fourth-order valence-corrected chi connectivity index (χ4v) is 5.78. The Morgan fingerprint density at radius 1 is 1.02 bits per heavy atom. The monoisotopic (exact) mass is 604 g/mol. The average Bonchev–Trinajstić information content (AvgIpc) is 2.97. The quantitative estimate of drug-likeness (QED) is 0.214. The summed E-state index contributed by atoms with van der Waals surface area (Å²) in [6.45, 7) is 9.45. The number of aliphatic hydroxyl groups excluding tert-OH is 1. The van der Waals surface area contributed by atoms with Gasteiger partial charge < -0.3 is 35.6 Å². The van der Waals surface area contributed by atoms with Crippen LogP contribution in [0.2, 0.25) is 0 Å². The second-order valence-electron chi connectivity index (χ2n) is 12.9. The van der Waals surface area contributed by atoms with Gasteiger partial charge in [0.1, 0.15) is 23.9 Å². The van der Waals surface area contributed by atoms with Crippen LogP contribution < -0.4 is 20.7 Å². The summed E-state index contributed by atoms with van der Waals surface area (Å²) in [6, 6.07) is 4.66. The molecule has 0 bridgehead atoms. The van der Waals surface area contributed by atoms with E-state index in [1.807, 2.05) is 17.0 Å². The van der Waals surface area contributed by atoms with Gasteiger partial charge in [0.25, 0.3) is 0 Å². The minimum Gasteiger partial charge on any atom is -0.497 e. The predicted molar refractivity (Wildman–Crippen MR) is 163 cm³/mol. The van der Waals surface area contributed by atoms with Crippen molar-refractivity contribution in [2.24, 2.45) is 11.8 Å². The first-order chi connectivity index (χ1) is 20.3. The number of rotatable bonds is 14. The number of benzene rings is 1. The van der Waals surface area contributed by atoms with Gasteiger partial charge in [0, 0.05) is 19.5 Å². The van der Waals surface area contributed by atoms with Gasteiger partial charge in [0.05, 0.1) is 38.5 Å². The van der Waals surface area contributed by atoms with Crippen molar-refractivity contribution >= 4 is 17.7 Å². The van der Waals surface area contributed by atoms with E-state index in [1.54, 1.807) is 26.2 Å². The molecule has 4 atom stereocenters. The number of ether oxygens (including phenoxy) is 2. The predicted octanol–water partition coefficient (Wildman–Crippen LogP) is 1.39. The summed E-state index contributed by atoms with van der Waals surface area (Å²) in [5, 5.41) is 30.3. The van der Waals surface area contributed by atoms with Crippen LogP contribution in [0.4, 0.5) is 0 Å². The molecular weight excluding hydrogens is 552 g/mol. The Hall–Kier alpha value is -2.73. The minimum atomic E-state index is -1.44. The van der Waals surface area contributed by atoms with E-state index in [9.17, 15) is 24.6 Å². The number of hydrogen-bond acceptors (Lipinski definition) is 8. The van der Waals surface area contributed by atoms with Crippen LogP contribution in [0.15, 0.2) is 24.3 Å². The van der Waals surface area contributed by atoms with E-state index in [0.717, 1.165) is 31.2 Å². The van der Waals surface area contributed by atoms with Crippen LogP contribution in [-0.2, 0) is 25.5 Å². The lowest BCUT2D eigenvalue weighted by molar-refractivity contribution is -0.133. The molecule has 1 aliphatic heterocycles. The van der Waals surface area contributed by atoms with Gasteiger partial charge in [-0.3, -0.25) is 19.3 Å². The number of hydrogen-bond donors (Lipinski definition) is 5. The number of aliphatic hydroxyl groups is 2. The third kappa shape index (κ3) is 11.4. The zero-order valence-electron chi connectivity index (χ0n) is 26.4. The lowest BCUT2D eigenvalue weighted by Crippen LogP contribution is -2.59. The van der Waals surface area contributed by atoms with Crippen molar-refractivity contribution in [3.8, 4) is 5.75 Å². The summed E-state index contributed by atoms with van der Waals surface area (Å²) in [6.07, 6.45) is 3.69. The van der Waals surface area contributed by atoms with Crippen molar-refractivity contribution in [3.05, 3.63) is 29.8 Å². The summed E-state index contributed by atoms with van der Waals surface area (Å²) < 4.78 is 10.6. The Bertz CT molecular complexity index is 1030. The zero-order chi connectivity index (χ0) is 31.6. The minimum absolute atomic E-state index is 0.160. The molecule has 11 heteroatoms. The van der Waals surface area contributed by atoms with Crippen LogP contribution in [0.3, 0.4) is 0 Å². The molecule has 2 fully saturated rings. The Balaban J connectivity index is 1.72. The molecule has 11 nitrogen and oxygen atoms in total. The Morgan fingerprint density at radius 2 is 1.65 bits per heavy atom. The molecule has 1 aromatic rings. The number of amides is 3. The highest BCUT2D eigenvalue weighted by molar-refractivity contribution is 5.92. The molecule has 1 heterocycles. The smallest absolute Gasteiger partial charge is 0.243 e. The maximum absolute atomic E-state index is 13.8. The standard InChI is InChI=1S/C32H52N4O7/c1-21-6-8-23(9-7-21)18-26(29(38)32(3,4)41)34-31(40)27(19-24-10-12-25(42-5)13-11-24)35-30(39)22(2)33-28(37)20-36-14-16-43-17-15-36/h10-13,21-23,26-27,29,38,41H,6-9,14-20H2,1-5H3,(H,33,37)(H,34,40)(H,35,39)/t21?,22-,23?,26-,27-,29+/m0/s1. The van der Waals surface area contributed by atoms with Gasteiger partial charge in [0.2, 0.25) is 17.7 Å². The van der Waals surface area contributed by atoms with Crippen molar-refractivity contribution in [3.63, 3.8) is 0 Å². The largest absolute Gasteiger partial charge is 0.497 e. The highest BCUT2D eigenvalue weighted by atomic mass is 16.5. The van der Waals surface area contributed by atoms with Crippen LogP contribution in [0, 0.1) is 11.8 Å². The van der Waals surface area contributed by atoms with Crippen LogP contribution in [0.1, 0.15) is 65.4 Å². The highest BCUT2D eigenvalue weighted by Gasteiger charge is 2.37. The lowest BCUT2D eigenvalue weighted by Gasteiger charge is -2.37. The summed E-state index contributed by atoms with van der Waals surface area (Å²) in [7, 11) is 1.57. The zero-order valence-corrected chi connectivity index (χ0v) is 26.4. The van der Waals surface area contributed by atoms with E-state index in [4.69, 9.17) is 9.47 Å². The first-order valence-corrected chi connectivity index (χ1v) is 15.6. The van der Waals surface area contributed by atoms with E-state index in [-0.39, 0.29) is 18.9 Å². The van der Waals surface area contributed by atoms with Gasteiger partial charge in [-0.2, -0.15) is 0 Å². The number of nitrogens with one attached hydrogen (secondary N) is 3. The van der Waals surface area contributed by atoms with Crippen molar-refractivity contribution in [2.45, 2.75) is 96.1 Å². The molecule has 3 amide bonds. The van der Waals surface area contributed by atoms with Crippen LogP contribution >= 0.6 is 0 Å². The Labute approximate surface area is 256 Å². The van der Waals surface area contributed by atoms with Crippen LogP contribution in [-0.4, -0.2) is 103 Å². The molecule has 0 aromatic heterocycles. The molecular formula is C32H52N4O7. The van der Waals surface area contributed by atoms with Crippen molar-refractivity contribution in [1.29, 1.82) is 0 Å². The van der Waals surface area contributed by atoms with Gasteiger partial charge >= 0.3 is 0 Å². The van der Waals surface area contributed by atoms with E-state index in [0.29, 0.717) is 50.3 Å². The second-order valence-corrected chi connectivity index (χ2v) is 12.9. The van der Waals surface area contributed by atoms with Gasteiger partial charge in [0.15, 0.2) is 0 Å². The number of morpholine rings is 1. The molecule has 0 spiro atoms. The van der Waals surface area contributed by atoms with E-state index in [2.05, 4.69) is 22.9 Å². The number of carbonyl (C=O) groups is 3. The van der Waals surface area contributed by atoms with Gasteiger partial charge in [-0.05, 0) is 56.7 Å². The molecule has 1 saturated heterocycles. The van der Waals surface area contributed by atoms with E-state index >= 15 is 0 Å². The van der Waals surface area contributed by atoms with Crippen molar-refractivity contribution in [1.82, 2.24) is 20.9 Å². The molecule has 1 saturated carbocycles. The third-order valence-corrected chi connectivity index (χ3v) is 8.63. The van der Waals surface area contributed by atoms with Gasteiger partial charge in [-0.1, -0.05) is 44.7 Å². The SMILES string of the molecule is COc1ccc(C[C@H](NC(=O)[C@H](C)NC(=O)CN2CCOCC2)C(=O)N[C@@H](CC2CCC(C)CC2)[C@@H](O)C(C)(C)O)cc1. The molecule has 5 N–H and O–H groups in total. The average molecular weight is 605 g/mol. The molecule has 0 unspecified atom stereocenters. The fraction of sp³-hybridized carbons (Fsp3) is 0.719. The maximum Gasteiger partial charge on any atom is 0.243 e. The molecule has 2 aliphatic rings. The second kappa shape index (κ2) is 16.4. The number of nitrogens with zero attached hydrogens (tertiary/aromatic N) is 1. The summed E-state index contributed by atoms with van der Waals surface area (Å²) >= 11 is 0. The molecule has 3 rings (SSSR count). The highest BCUT2D eigenvalue weighted by Crippen LogP contribution is 2.32. The first kappa shape index (κ1) is 34.8. The van der Waals surface area contributed by atoms with Gasteiger partial charge in [-0.15, -0.1) is 0 Å². The Kier molecular flexibility index (Phi) is 13.2. The molecule has 242 valence electrons. The summed E-state index contributed by atoms with van der Waals surface area (Å²) in [5.74, 6) is 0.397. The van der Waals surface area contributed by atoms with Gasteiger partial charge in [-0.25, -0.2) is 0 Å². The molecule has 43 heavy (non-hydrogen) atoms. The summed E-state index contributed by atoms with van der Waals surface area (Å²) in [4.78, 5) is 41.6. The fourth-order valence-electron chi connectivity index (χ4n) is 5.78. The summed E-state index contributed by atoms with van der Waals surface area (Å²) in [5.41, 5.74) is -0.639. The van der Waals surface area contributed by atoms with E-state index in [1.165, 1.54) is 13.8 Å². The molecule has 1 aromatic carbocycles. The first-order valence-electron chi connectivity index (χ1n) is 15.6. The number of carbonyl (C=O) groups excluding carboxylic acids is 3. The van der Waals surface area contributed by atoms with Crippen molar-refractivity contribution < 1.29 is 34.1 Å². The van der Waals surface area contributed by atoms with E-state index < -0.39 is 41.6 Å². The number of methoxy groups -OCH3 is 1.